The molecule has 0 saturated carbocycles. The number of aryl methyl sites for hydroxylation is 1. The van der Waals surface area contributed by atoms with Crippen LogP contribution in [0.25, 0.3) is 16.6 Å². The van der Waals surface area contributed by atoms with Gasteiger partial charge in [0.15, 0.2) is 0 Å². The topological polar surface area (TPSA) is 89.3 Å². The van der Waals surface area contributed by atoms with E-state index in [1.54, 1.807) is 22.9 Å². The van der Waals surface area contributed by atoms with Gasteiger partial charge in [-0.2, -0.15) is 4.68 Å². The Morgan fingerprint density at radius 2 is 2.07 bits per heavy atom. The largest absolute Gasteiger partial charge is 0.309 e. The van der Waals surface area contributed by atoms with Gasteiger partial charge in [0.25, 0.3) is 5.56 Å². The number of fused-ring (bicyclic) bond motifs is 1. The zero-order valence-electron chi connectivity index (χ0n) is 14.6. The summed E-state index contributed by atoms with van der Waals surface area (Å²) in [6.45, 7) is 4.08. The molecule has 0 radical (unpaired) electrons. The number of thioether (sulfide) groups is 1. The molecule has 0 spiro atoms. The summed E-state index contributed by atoms with van der Waals surface area (Å²) in [5, 5.41) is 13.7. The van der Waals surface area contributed by atoms with Crippen LogP contribution < -0.4 is 5.56 Å². The highest BCUT2D eigenvalue weighted by molar-refractivity contribution is 7.98. The number of tetrazole rings is 1. The summed E-state index contributed by atoms with van der Waals surface area (Å²) < 4.78 is 1.70. The Balaban J connectivity index is 1.64. The second-order valence-electron chi connectivity index (χ2n) is 6.06. The summed E-state index contributed by atoms with van der Waals surface area (Å²) >= 11 is 7.41. The highest BCUT2D eigenvalue weighted by atomic mass is 35.5. The summed E-state index contributed by atoms with van der Waals surface area (Å²) in [5.41, 5.74) is 3.57. The Bertz CT molecular complexity index is 1200. The molecule has 0 bridgehead atoms. The van der Waals surface area contributed by atoms with Crippen molar-refractivity contribution in [3.63, 3.8) is 0 Å². The fourth-order valence-corrected chi connectivity index (χ4v) is 3.67. The van der Waals surface area contributed by atoms with Crippen LogP contribution in [0.15, 0.2) is 46.3 Å². The third-order valence-electron chi connectivity index (χ3n) is 4.30. The van der Waals surface area contributed by atoms with Gasteiger partial charge in [0.2, 0.25) is 5.16 Å². The quantitative estimate of drug-likeness (QED) is 0.529. The van der Waals surface area contributed by atoms with Crippen molar-refractivity contribution in [3.05, 3.63) is 68.7 Å². The minimum absolute atomic E-state index is 0.193. The summed E-state index contributed by atoms with van der Waals surface area (Å²) in [7, 11) is 0. The van der Waals surface area contributed by atoms with Gasteiger partial charge in [-0.3, -0.25) is 4.79 Å². The number of nitrogens with zero attached hydrogens (tertiary/aromatic N) is 5. The molecule has 2 aromatic heterocycles. The second-order valence-corrected chi connectivity index (χ2v) is 7.43. The third-order valence-corrected chi connectivity index (χ3v) is 5.47. The van der Waals surface area contributed by atoms with E-state index in [-0.39, 0.29) is 5.56 Å². The van der Waals surface area contributed by atoms with E-state index in [1.807, 2.05) is 32.0 Å². The molecule has 1 N–H and O–H groups in total. The van der Waals surface area contributed by atoms with Crippen molar-refractivity contribution in [1.29, 1.82) is 0 Å². The monoisotopic (exact) mass is 398 g/mol. The summed E-state index contributed by atoms with van der Waals surface area (Å²) in [5.74, 6) is 0.957. The number of rotatable bonds is 4. The van der Waals surface area contributed by atoms with E-state index in [0.717, 1.165) is 16.8 Å². The Labute approximate surface area is 163 Å². The van der Waals surface area contributed by atoms with Crippen molar-refractivity contribution in [1.82, 2.24) is 30.2 Å². The lowest BCUT2D eigenvalue weighted by atomic mass is 10.1. The maximum Gasteiger partial charge on any atom is 0.258 e. The van der Waals surface area contributed by atoms with Crippen LogP contribution in [0.3, 0.4) is 0 Å². The molecule has 0 unspecified atom stereocenters. The van der Waals surface area contributed by atoms with E-state index in [0.29, 0.717) is 32.7 Å². The first-order valence-corrected chi connectivity index (χ1v) is 9.55. The van der Waals surface area contributed by atoms with Crippen LogP contribution in [-0.4, -0.2) is 30.2 Å². The van der Waals surface area contributed by atoms with Gasteiger partial charge in [0.1, 0.15) is 5.82 Å². The normalized spacial score (nSPS) is 11.2. The number of hydrogen-bond acceptors (Lipinski definition) is 6. The van der Waals surface area contributed by atoms with E-state index >= 15 is 0 Å². The van der Waals surface area contributed by atoms with Crippen LogP contribution in [0.1, 0.15) is 17.0 Å². The lowest BCUT2D eigenvalue weighted by Crippen LogP contribution is -2.11. The second kappa shape index (κ2) is 7.13. The van der Waals surface area contributed by atoms with E-state index in [9.17, 15) is 4.79 Å². The number of aromatic amines is 1. The van der Waals surface area contributed by atoms with Gasteiger partial charge in [-0.15, -0.1) is 5.10 Å². The first-order chi connectivity index (χ1) is 13.0. The molecule has 0 aliphatic rings. The molecule has 2 aromatic carbocycles. The van der Waals surface area contributed by atoms with Gasteiger partial charge in [-0.05, 0) is 59.7 Å². The Morgan fingerprint density at radius 1 is 1.22 bits per heavy atom. The summed E-state index contributed by atoms with van der Waals surface area (Å²) in [4.78, 5) is 19.5. The van der Waals surface area contributed by atoms with E-state index in [4.69, 9.17) is 11.6 Å². The molecule has 0 saturated heterocycles. The van der Waals surface area contributed by atoms with Gasteiger partial charge < -0.3 is 4.98 Å². The molecule has 0 atom stereocenters. The van der Waals surface area contributed by atoms with E-state index in [2.05, 4.69) is 25.5 Å². The molecule has 0 fully saturated rings. The average Bonchev–Trinajstić information content (AvgIpc) is 3.10. The Kier molecular flexibility index (Phi) is 4.67. The Morgan fingerprint density at radius 3 is 2.93 bits per heavy atom. The van der Waals surface area contributed by atoms with Crippen molar-refractivity contribution in [2.45, 2.75) is 24.8 Å². The van der Waals surface area contributed by atoms with Gasteiger partial charge in [-0.25, -0.2) is 4.98 Å². The molecule has 9 heteroatoms. The summed E-state index contributed by atoms with van der Waals surface area (Å²) in [6, 6.07) is 11.0. The Hall–Kier alpha value is -2.71. The molecule has 0 aliphatic heterocycles. The SMILES string of the molecule is Cc1cccc(-n2nnnc2SCc2nc3cc(Cl)ccc3c(=O)[nH]2)c1C. The number of H-pyrrole nitrogens is 1. The minimum atomic E-state index is -0.193. The third kappa shape index (κ3) is 3.45. The van der Waals surface area contributed by atoms with E-state index < -0.39 is 0 Å². The fraction of sp³-hybridized carbons (Fsp3) is 0.167. The molecule has 0 amide bonds. The lowest BCUT2D eigenvalue weighted by molar-refractivity contribution is 0.750. The maximum atomic E-state index is 12.2. The molecular weight excluding hydrogens is 384 g/mol. The van der Waals surface area contributed by atoms with Crippen molar-refractivity contribution in [2.75, 3.05) is 0 Å². The first kappa shape index (κ1) is 17.7. The molecule has 4 aromatic rings. The molecule has 0 aliphatic carbocycles. The first-order valence-electron chi connectivity index (χ1n) is 8.19. The average molecular weight is 399 g/mol. The number of hydrogen-bond donors (Lipinski definition) is 1. The van der Waals surface area contributed by atoms with Crippen molar-refractivity contribution in [3.8, 4) is 5.69 Å². The van der Waals surface area contributed by atoms with Gasteiger partial charge in [0, 0.05) is 5.02 Å². The number of halogens is 1. The van der Waals surface area contributed by atoms with Crippen molar-refractivity contribution in [2.24, 2.45) is 0 Å². The highest BCUT2D eigenvalue weighted by Crippen LogP contribution is 2.24. The molecule has 27 heavy (non-hydrogen) atoms. The zero-order valence-corrected chi connectivity index (χ0v) is 16.2. The van der Waals surface area contributed by atoms with Crippen LogP contribution in [-0.2, 0) is 5.75 Å². The maximum absolute atomic E-state index is 12.2. The molecule has 136 valence electrons. The number of benzene rings is 2. The van der Waals surface area contributed by atoms with E-state index in [1.165, 1.54) is 11.8 Å². The van der Waals surface area contributed by atoms with Crippen LogP contribution >= 0.6 is 23.4 Å². The molecular formula is C18H15ClN6OS. The van der Waals surface area contributed by atoms with Crippen LogP contribution in [0.5, 0.6) is 0 Å². The molecule has 4 rings (SSSR count). The summed E-state index contributed by atoms with van der Waals surface area (Å²) in [6.07, 6.45) is 0. The zero-order chi connectivity index (χ0) is 19.0. The van der Waals surface area contributed by atoms with Crippen LogP contribution in [0.2, 0.25) is 5.02 Å². The highest BCUT2D eigenvalue weighted by Gasteiger charge is 2.13. The predicted octanol–water partition coefficient (Wildman–Crippen LogP) is 3.46. The standard InChI is InChI=1S/C18H15ClN6OS/c1-10-4-3-5-15(11(10)2)25-18(22-23-24-25)27-9-16-20-14-8-12(19)6-7-13(14)17(26)21-16/h3-8H,9H2,1-2H3,(H,20,21,26). The van der Waals surface area contributed by atoms with Crippen LogP contribution in [0, 0.1) is 13.8 Å². The molecule has 7 nitrogen and oxygen atoms in total. The number of aromatic nitrogens is 6. The van der Waals surface area contributed by atoms with Crippen molar-refractivity contribution >= 4 is 34.3 Å². The predicted molar refractivity (Wildman–Crippen MR) is 106 cm³/mol. The minimum Gasteiger partial charge on any atom is -0.309 e. The van der Waals surface area contributed by atoms with Crippen molar-refractivity contribution < 1.29 is 0 Å². The van der Waals surface area contributed by atoms with Gasteiger partial charge in [-0.1, -0.05) is 35.5 Å². The van der Waals surface area contributed by atoms with Gasteiger partial charge >= 0.3 is 0 Å². The van der Waals surface area contributed by atoms with Gasteiger partial charge in [0.05, 0.1) is 22.3 Å². The smallest absolute Gasteiger partial charge is 0.258 e. The number of nitrogens with one attached hydrogen (secondary N) is 1. The lowest BCUT2D eigenvalue weighted by Gasteiger charge is -2.09. The molecule has 2 heterocycles. The fourth-order valence-electron chi connectivity index (χ4n) is 2.75. The van der Waals surface area contributed by atoms with Crippen LogP contribution in [0.4, 0.5) is 0 Å².